The molecule has 1 fully saturated rings. The van der Waals surface area contributed by atoms with Crippen LogP contribution in [0.3, 0.4) is 0 Å². The summed E-state index contributed by atoms with van der Waals surface area (Å²) in [5.74, 6) is -1.62. The van der Waals surface area contributed by atoms with Crippen molar-refractivity contribution in [2.75, 3.05) is 7.11 Å². The third-order valence-corrected chi connectivity index (χ3v) is 4.60. The summed E-state index contributed by atoms with van der Waals surface area (Å²) < 4.78 is 31.0. The molecule has 2 N–H and O–H groups in total. The summed E-state index contributed by atoms with van der Waals surface area (Å²) >= 11 is 1.29. The van der Waals surface area contributed by atoms with Gasteiger partial charge in [0.2, 0.25) is 0 Å². The van der Waals surface area contributed by atoms with Gasteiger partial charge in [0, 0.05) is 16.2 Å². The molecule has 0 bridgehead atoms. The van der Waals surface area contributed by atoms with Crippen LogP contribution < -0.4 is 5.73 Å². The molecule has 6 heteroatoms. The Morgan fingerprint density at radius 3 is 2.89 bits per heavy atom. The Balaban J connectivity index is 2.04. The van der Waals surface area contributed by atoms with E-state index in [1.807, 2.05) is 0 Å². The minimum Gasteiger partial charge on any atom is -0.468 e. The maximum absolute atomic E-state index is 13.5. The maximum Gasteiger partial charge on any atom is 0.325 e. The van der Waals surface area contributed by atoms with E-state index in [1.54, 1.807) is 0 Å². The van der Waals surface area contributed by atoms with Crippen molar-refractivity contribution in [3.8, 4) is 0 Å². The zero-order valence-corrected chi connectivity index (χ0v) is 11.3. The molecule has 1 aliphatic carbocycles. The Hall–Kier alpha value is -1.14. The van der Waals surface area contributed by atoms with E-state index in [9.17, 15) is 13.6 Å². The van der Waals surface area contributed by atoms with E-state index in [0.29, 0.717) is 24.2 Å². The normalized spacial score (nSPS) is 26.4. The van der Waals surface area contributed by atoms with Gasteiger partial charge in [0.25, 0.3) is 0 Å². The summed E-state index contributed by atoms with van der Waals surface area (Å²) in [4.78, 5) is 11.9. The van der Waals surface area contributed by atoms with Gasteiger partial charge in [-0.2, -0.15) is 0 Å². The summed E-state index contributed by atoms with van der Waals surface area (Å²) in [5, 5.41) is 0.0315. The Kier molecular flexibility index (Phi) is 4.10. The molecule has 104 valence electrons. The van der Waals surface area contributed by atoms with E-state index in [2.05, 4.69) is 4.74 Å². The lowest BCUT2D eigenvalue weighted by atomic mass is 10.00. The van der Waals surface area contributed by atoms with E-state index >= 15 is 0 Å². The molecule has 1 aliphatic rings. The first-order valence-corrected chi connectivity index (χ1v) is 6.81. The first-order valence-electron chi connectivity index (χ1n) is 5.93. The molecular formula is C13H15F2NO2S. The van der Waals surface area contributed by atoms with Crippen LogP contribution in [0.4, 0.5) is 8.78 Å². The molecule has 2 atom stereocenters. The monoisotopic (exact) mass is 287 g/mol. The van der Waals surface area contributed by atoms with Crippen molar-refractivity contribution in [1.29, 1.82) is 0 Å². The lowest BCUT2D eigenvalue weighted by molar-refractivity contribution is -0.146. The minimum atomic E-state index is -0.983. The quantitative estimate of drug-likeness (QED) is 0.868. The van der Waals surface area contributed by atoms with Crippen molar-refractivity contribution in [3.63, 3.8) is 0 Å². The highest BCUT2D eigenvalue weighted by atomic mass is 32.2. The van der Waals surface area contributed by atoms with Crippen molar-refractivity contribution in [1.82, 2.24) is 0 Å². The highest BCUT2D eigenvalue weighted by Crippen LogP contribution is 2.40. The SMILES string of the molecule is COC(=O)C1(N)CCC(Sc2ccc(F)cc2F)C1. The van der Waals surface area contributed by atoms with Gasteiger partial charge in [0.15, 0.2) is 0 Å². The van der Waals surface area contributed by atoms with E-state index in [1.165, 1.54) is 31.0 Å². The standard InChI is InChI=1S/C13H15F2NO2S/c1-18-12(17)13(16)5-4-9(7-13)19-11-3-2-8(14)6-10(11)15/h2-3,6,9H,4-5,7,16H2,1H3. The van der Waals surface area contributed by atoms with Crippen LogP contribution in [0.1, 0.15) is 19.3 Å². The van der Waals surface area contributed by atoms with Crippen molar-refractivity contribution < 1.29 is 18.3 Å². The van der Waals surface area contributed by atoms with Crippen LogP contribution >= 0.6 is 11.8 Å². The van der Waals surface area contributed by atoms with Gasteiger partial charge >= 0.3 is 5.97 Å². The van der Waals surface area contributed by atoms with Gasteiger partial charge in [0.05, 0.1) is 7.11 Å². The van der Waals surface area contributed by atoms with E-state index in [0.717, 1.165) is 6.07 Å². The zero-order valence-electron chi connectivity index (χ0n) is 10.5. The molecule has 1 aromatic carbocycles. The van der Waals surface area contributed by atoms with Gasteiger partial charge in [-0.05, 0) is 31.4 Å². The number of halogens is 2. The smallest absolute Gasteiger partial charge is 0.325 e. The predicted octanol–water partition coefficient (Wildman–Crippen LogP) is 2.48. The van der Waals surface area contributed by atoms with E-state index in [-0.39, 0.29) is 5.25 Å². The molecule has 0 amide bonds. The Morgan fingerprint density at radius 2 is 2.26 bits per heavy atom. The molecule has 2 rings (SSSR count). The predicted molar refractivity (Wildman–Crippen MR) is 68.8 cm³/mol. The summed E-state index contributed by atoms with van der Waals surface area (Å²) in [7, 11) is 1.30. The summed E-state index contributed by atoms with van der Waals surface area (Å²) in [6.07, 6.45) is 1.65. The highest BCUT2D eigenvalue weighted by molar-refractivity contribution is 8.00. The highest BCUT2D eigenvalue weighted by Gasteiger charge is 2.43. The molecule has 0 aromatic heterocycles. The number of carbonyl (C=O) groups is 1. The topological polar surface area (TPSA) is 52.3 Å². The maximum atomic E-state index is 13.5. The first kappa shape index (κ1) is 14.3. The summed E-state index contributed by atoms with van der Waals surface area (Å²) in [6, 6.07) is 3.48. The van der Waals surface area contributed by atoms with Crippen molar-refractivity contribution in [2.45, 2.75) is 34.9 Å². The van der Waals surface area contributed by atoms with E-state index in [4.69, 9.17) is 5.73 Å². The molecule has 0 aliphatic heterocycles. The zero-order chi connectivity index (χ0) is 14.0. The van der Waals surface area contributed by atoms with Crippen LogP contribution in [-0.2, 0) is 9.53 Å². The van der Waals surface area contributed by atoms with Crippen molar-refractivity contribution in [2.24, 2.45) is 5.73 Å². The second-order valence-electron chi connectivity index (χ2n) is 4.71. The number of hydrogen-bond donors (Lipinski definition) is 1. The lowest BCUT2D eigenvalue weighted by Gasteiger charge is -2.20. The molecule has 0 saturated heterocycles. The average Bonchev–Trinajstić information content (AvgIpc) is 2.75. The lowest BCUT2D eigenvalue weighted by Crippen LogP contribution is -2.46. The van der Waals surface area contributed by atoms with Gasteiger partial charge in [-0.3, -0.25) is 4.79 Å². The van der Waals surface area contributed by atoms with Crippen molar-refractivity contribution in [3.05, 3.63) is 29.8 Å². The largest absolute Gasteiger partial charge is 0.468 e. The van der Waals surface area contributed by atoms with Crippen LogP contribution in [0, 0.1) is 11.6 Å². The minimum absolute atomic E-state index is 0.0315. The van der Waals surface area contributed by atoms with Crippen LogP contribution in [0.15, 0.2) is 23.1 Å². The molecule has 0 heterocycles. The fourth-order valence-corrected chi connectivity index (χ4v) is 3.56. The molecule has 1 saturated carbocycles. The Labute approximate surface area is 114 Å². The number of esters is 1. The summed E-state index contributed by atoms with van der Waals surface area (Å²) in [6.45, 7) is 0. The second kappa shape index (κ2) is 5.46. The van der Waals surface area contributed by atoms with Crippen LogP contribution in [-0.4, -0.2) is 23.9 Å². The molecular weight excluding hydrogens is 272 g/mol. The second-order valence-corrected chi connectivity index (χ2v) is 6.05. The average molecular weight is 287 g/mol. The first-order chi connectivity index (χ1) is 8.94. The van der Waals surface area contributed by atoms with Crippen LogP contribution in [0.2, 0.25) is 0 Å². The van der Waals surface area contributed by atoms with Gasteiger partial charge in [0.1, 0.15) is 17.2 Å². The van der Waals surface area contributed by atoms with Crippen LogP contribution in [0.5, 0.6) is 0 Å². The fraction of sp³-hybridized carbons (Fsp3) is 0.462. The number of benzene rings is 1. The molecule has 19 heavy (non-hydrogen) atoms. The number of rotatable bonds is 3. The van der Waals surface area contributed by atoms with Gasteiger partial charge in [-0.1, -0.05) is 0 Å². The molecule has 0 radical (unpaired) electrons. The molecule has 0 spiro atoms. The van der Waals surface area contributed by atoms with Gasteiger partial charge in [-0.25, -0.2) is 8.78 Å². The van der Waals surface area contributed by atoms with Crippen LogP contribution in [0.25, 0.3) is 0 Å². The Bertz CT molecular complexity index is 498. The number of thioether (sulfide) groups is 1. The number of methoxy groups -OCH3 is 1. The molecule has 2 unspecified atom stereocenters. The number of nitrogens with two attached hydrogens (primary N) is 1. The molecule has 1 aromatic rings. The number of ether oxygens (including phenoxy) is 1. The number of carbonyl (C=O) groups excluding carboxylic acids is 1. The third kappa shape index (κ3) is 3.06. The third-order valence-electron chi connectivity index (χ3n) is 3.28. The van der Waals surface area contributed by atoms with Gasteiger partial charge in [-0.15, -0.1) is 11.8 Å². The fourth-order valence-electron chi connectivity index (χ4n) is 2.27. The van der Waals surface area contributed by atoms with Gasteiger partial charge < -0.3 is 10.5 Å². The number of hydrogen-bond acceptors (Lipinski definition) is 4. The van der Waals surface area contributed by atoms with E-state index < -0.39 is 23.1 Å². The van der Waals surface area contributed by atoms with Crippen molar-refractivity contribution >= 4 is 17.7 Å². The molecule has 3 nitrogen and oxygen atoms in total. The summed E-state index contributed by atoms with van der Waals surface area (Å²) in [5.41, 5.74) is 4.99. The Morgan fingerprint density at radius 1 is 1.53 bits per heavy atom.